The number of carboxylic acids is 1. The van der Waals surface area contributed by atoms with E-state index in [0.29, 0.717) is 36.4 Å². The highest BCUT2D eigenvalue weighted by atomic mass is 16.6. The number of aromatic hydroxyl groups is 9. The standard InChI is InChI=1S/C28H22O17/c29-13-1-10(2-14(30)21(13)35)26(40)43-19-7-9(25(38)39)8-20(44-27(41)11-3-15(31)22(36)16(32)4-11)24(19)45-28(42)12-5-17(33)23(37)18(34)6-12/h1-7,19-20,24,29-37H,8H2,(H,38,39)/t19-,20-,24-/m1/s1. The van der Waals surface area contributed by atoms with Gasteiger partial charge in [-0.25, -0.2) is 19.2 Å². The third kappa shape index (κ3) is 6.46. The van der Waals surface area contributed by atoms with Crippen molar-refractivity contribution < 1.29 is 84.5 Å². The fourth-order valence-electron chi connectivity index (χ4n) is 4.17. The van der Waals surface area contributed by atoms with Gasteiger partial charge in [0.2, 0.25) is 0 Å². The molecule has 0 bridgehead atoms. The zero-order valence-corrected chi connectivity index (χ0v) is 22.3. The fourth-order valence-corrected chi connectivity index (χ4v) is 4.17. The molecule has 0 aliphatic heterocycles. The van der Waals surface area contributed by atoms with Gasteiger partial charge in [0.15, 0.2) is 64.0 Å². The molecule has 4 rings (SSSR count). The van der Waals surface area contributed by atoms with Crippen LogP contribution in [0, 0.1) is 0 Å². The van der Waals surface area contributed by atoms with Crippen LogP contribution in [0.25, 0.3) is 0 Å². The van der Waals surface area contributed by atoms with Crippen LogP contribution >= 0.6 is 0 Å². The molecule has 0 radical (unpaired) electrons. The van der Waals surface area contributed by atoms with Crippen LogP contribution in [0.5, 0.6) is 51.7 Å². The second-order valence-electron chi connectivity index (χ2n) is 9.47. The van der Waals surface area contributed by atoms with Gasteiger partial charge in [-0.05, 0) is 42.5 Å². The number of phenolic OH excluding ortho intramolecular Hbond substituents is 9. The number of ether oxygens (including phenoxy) is 3. The quantitative estimate of drug-likeness (QED) is 0.100. The van der Waals surface area contributed by atoms with Gasteiger partial charge in [0.25, 0.3) is 0 Å². The van der Waals surface area contributed by atoms with Crippen LogP contribution in [0.3, 0.4) is 0 Å². The lowest BCUT2D eigenvalue weighted by Gasteiger charge is -2.35. The summed E-state index contributed by atoms with van der Waals surface area (Å²) < 4.78 is 16.0. The Bertz CT molecular complexity index is 1690. The zero-order chi connectivity index (χ0) is 33.3. The number of phenols is 9. The zero-order valence-electron chi connectivity index (χ0n) is 22.3. The molecule has 17 nitrogen and oxygen atoms in total. The molecule has 0 saturated carbocycles. The average molecular weight is 630 g/mol. The monoisotopic (exact) mass is 630 g/mol. The first kappa shape index (κ1) is 31.4. The number of hydrogen-bond donors (Lipinski definition) is 10. The summed E-state index contributed by atoms with van der Waals surface area (Å²) in [5.41, 5.74) is -2.23. The topological polar surface area (TPSA) is 298 Å². The molecule has 0 spiro atoms. The molecule has 236 valence electrons. The Balaban J connectivity index is 1.75. The maximum absolute atomic E-state index is 13.1. The largest absolute Gasteiger partial charge is 0.504 e. The number of carbonyl (C=O) groups excluding carboxylic acids is 3. The second kappa shape index (κ2) is 12.0. The Morgan fingerprint density at radius 2 is 0.867 bits per heavy atom. The Kier molecular flexibility index (Phi) is 8.38. The van der Waals surface area contributed by atoms with Crippen molar-refractivity contribution in [2.75, 3.05) is 0 Å². The number of hydrogen-bond acceptors (Lipinski definition) is 16. The highest BCUT2D eigenvalue weighted by Gasteiger charge is 2.43. The lowest BCUT2D eigenvalue weighted by molar-refractivity contribution is -0.134. The minimum absolute atomic E-state index is 0.523. The van der Waals surface area contributed by atoms with Crippen LogP contribution in [-0.4, -0.2) is 93.3 Å². The van der Waals surface area contributed by atoms with Gasteiger partial charge in [0, 0.05) is 12.0 Å². The van der Waals surface area contributed by atoms with Crippen molar-refractivity contribution >= 4 is 23.9 Å². The summed E-state index contributed by atoms with van der Waals surface area (Å²) in [5.74, 6) is -14.2. The van der Waals surface area contributed by atoms with Crippen LogP contribution in [0.15, 0.2) is 48.0 Å². The van der Waals surface area contributed by atoms with Crippen molar-refractivity contribution in [3.05, 3.63) is 64.7 Å². The summed E-state index contributed by atoms with van der Waals surface area (Å²) in [6, 6.07) is 4.13. The van der Waals surface area contributed by atoms with Crippen LogP contribution in [-0.2, 0) is 19.0 Å². The van der Waals surface area contributed by atoms with Gasteiger partial charge >= 0.3 is 23.9 Å². The smallest absolute Gasteiger partial charge is 0.339 e. The summed E-state index contributed by atoms with van der Waals surface area (Å²) in [6.07, 6.45) is -5.44. The third-order valence-corrected chi connectivity index (χ3v) is 6.41. The molecule has 3 aromatic carbocycles. The predicted octanol–water partition coefficient (Wildman–Crippen LogP) is 1.43. The van der Waals surface area contributed by atoms with Crippen molar-refractivity contribution in [3.63, 3.8) is 0 Å². The number of benzene rings is 3. The summed E-state index contributed by atoms with van der Waals surface area (Å²) >= 11 is 0. The Morgan fingerprint density at radius 1 is 0.533 bits per heavy atom. The maximum Gasteiger partial charge on any atom is 0.339 e. The van der Waals surface area contributed by atoms with E-state index >= 15 is 0 Å². The van der Waals surface area contributed by atoms with E-state index in [1.165, 1.54) is 0 Å². The molecule has 10 N–H and O–H groups in total. The molecule has 0 fully saturated rings. The van der Waals surface area contributed by atoms with E-state index in [1.54, 1.807) is 0 Å². The van der Waals surface area contributed by atoms with Crippen molar-refractivity contribution in [1.29, 1.82) is 0 Å². The fraction of sp³-hybridized carbons (Fsp3) is 0.143. The first-order valence-corrected chi connectivity index (χ1v) is 12.4. The second-order valence-corrected chi connectivity index (χ2v) is 9.47. The number of rotatable bonds is 7. The third-order valence-electron chi connectivity index (χ3n) is 6.41. The highest BCUT2D eigenvalue weighted by molar-refractivity contribution is 5.94. The Morgan fingerprint density at radius 3 is 1.22 bits per heavy atom. The van der Waals surface area contributed by atoms with Gasteiger partial charge in [0.1, 0.15) is 6.10 Å². The minimum atomic E-state index is -1.90. The molecule has 0 heterocycles. The van der Waals surface area contributed by atoms with E-state index in [0.717, 1.165) is 6.08 Å². The molecule has 17 heteroatoms. The van der Waals surface area contributed by atoms with Crippen LogP contribution in [0.1, 0.15) is 37.5 Å². The van der Waals surface area contributed by atoms with Gasteiger partial charge < -0.3 is 65.3 Å². The molecular weight excluding hydrogens is 608 g/mol. The molecule has 1 aliphatic rings. The Hall–Kier alpha value is -6.52. The van der Waals surface area contributed by atoms with E-state index < -0.39 is 123 Å². The average Bonchev–Trinajstić information content (AvgIpc) is 2.97. The van der Waals surface area contributed by atoms with Crippen molar-refractivity contribution in [1.82, 2.24) is 0 Å². The number of esters is 3. The van der Waals surface area contributed by atoms with Crippen LogP contribution in [0.2, 0.25) is 0 Å². The minimum Gasteiger partial charge on any atom is -0.504 e. The number of carboxylic acid groups (broad SMARTS) is 1. The summed E-state index contributed by atoms with van der Waals surface area (Å²) in [7, 11) is 0. The SMILES string of the molecule is O=C(O)C1=C[C@@H](OC(=O)c2cc(O)c(O)c(O)c2)[C@@H](OC(=O)c2cc(O)c(O)c(O)c2)[C@H](OC(=O)c2cc(O)c(O)c(O)c2)C1. The number of carbonyl (C=O) groups is 4. The molecule has 3 atom stereocenters. The van der Waals surface area contributed by atoms with E-state index in [9.17, 15) is 70.2 Å². The van der Waals surface area contributed by atoms with E-state index in [1.807, 2.05) is 0 Å². The van der Waals surface area contributed by atoms with E-state index in [4.69, 9.17) is 14.2 Å². The van der Waals surface area contributed by atoms with Crippen molar-refractivity contribution in [2.24, 2.45) is 0 Å². The molecule has 0 aromatic heterocycles. The molecule has 45 heavy (non-hydrogen) atoms. The lowest BCUT2D eigenvalue weighted by atomic mass is 9.91. The predicted molar refractivity (Wildman–Crippen MR) is 142 cm³/mol. The molecule has 3 aromatic rings. The summed E-state index contributed by atoms with van der Waals surface area (Å²) in [4.78, 5) is 51.0. The molecule has 0 unspecified atom stereocenters. The normalized spacial score (nSPS) is 17.5. The first-order chi connectivity index (χ1) is 21.1. The summed E-state index contributed by atoms with van der Waals surface area (Å²) in [6.45, 7) is 0. The van der Waals surface area contributed by atoms with Gasteiger partial charge in [0.05, 0.1) is 16.7 Å². The van der Waals surface area contributed by atoms with Crippen molar-refractivity contribution in [3.8, 4) is 51.7 Å². The first-order valence-electron chi connectivity index (χ1n) is 12.4. The molecule has 0 amide bonds. The van der Waals surface area contributed by atoms with Gasteiger partial charge in [-0.1, -0.05) is 0 Å². The van der Waals surface area contributed by atoms with Crippen LogP contribution in [0.4, 0.5) is 0 Å². The van der Waals surface area contributed by atoms with Crippen LogP contribution < -0.4 is 0 Å². The summed E-state index contributed by atoms with van der Waals surface area (Å²) in [5, 5.41) is 97.1. The Labute approximate surface area is 249 Å². The lowest BCUT2D eigenvalue weighted by Crippen LogP contribution is -2.48. The van der Waals surface area contributed by atoms with E-state index in [2.05, 4.69) is 0 Å². The maximum atomic E-state index is 13.1. The molecular formula is C28H22O17. The van der Waals surface area contributed by atoms with Gasteiger partial charge in [-0.2, -0.15) is 0 Å². The highest BCUT2D eigenvalue weighted by Crippen LogP contribution is 2.39. The van der Waals surface area contributed by atoms with Crippen molar-refractivity contribution in [2.45, 2.75) is 24.7 Å². The van der Waals surface area contributed by atoms with Gasteiger partial charge in [-0.3, -0.25) is 0 Å². The van der Waals surface area contributed by atoms with E-state index in [-0.39, 0.29) is 0 Å². The van der Waals surface area contributed by atoms with Gasteiger partial charge in [-0.15, -0.1) is 0 Å². The molecule has 1 aliphatic carbocycles. The number of aliphatic carboxylic acids is 1. The molecule has 0 saturated heterocycles.